The van der Waals surface area contributed by atoms with Gasteiger partial charge in [0.15, 0.2) is 5.78 Å². The number of carbonyl (C=O) groups excluding carboxylic acids is 1. The van der Waals surface area contributed by atoms with Crippen LogP contribution >= 0.6 is 0 Å². The van der Waals surface area contributed by atoms with Crippen LogP contribution in [0.3, 0.4) is 0 Å². The molecule has 0 fully saturated rings. The maximum Gasteiger partial charge on any atom is 0.303 e. The molecule has 4 heteroatoms. The van der Waals surface area contributed by atoms with E-state index in [4.69, 9.17) is 9.84 Å². The zero-order valence-corrected chi connectivity index (χ0v) is 10.9. The summed E-state index contributed by atoms with van der Waals surface area (Å²) in [5.74, 6) is 0.125. The van der Waals surface area contributed by atoms with Crippen molar-refractivity contribution < 1.29 is 19.4 Å². The predicted octanol–water partition coefficient (Wildman–Crippen LogP) is 2.84. The predicted molar refractivity (Wildman–Crippen MR) is 70.7 cm³/mol. The lowest BCUT2D eigenvalue weighted by atomic mass is 10.0. The zero-order valence-electron chi connectivity index (χ0n) is 10.9. The molecule has 0 saturated heterocycles. The van der Waals surface area contributed by atoms with Gasteiger partial charge in [0.2, 0.25) is 0 Å². The van der Waals surface area contributed by atoms with E-state index in [0.717, 1.165) is 36.1 Å². The minimum Gasteiger partial charge on any atom is -0.494 e. The van der Waals surface area contributed by atoms with Crippen molar-refractivity contribution in [3.8, 4) is 5.75 Å². The van der Waals surface area contributed by atoms with Crippen LogP contribution in [-0.4, -0.2) is 23.5 Å². The molecule has 4 nitrogen and oxygen atoms in total. The molecule has 0 bridgehead atoms. The van der Waals surface area contributed by atoms with E-state index in [1.807, 2.05) is 12.1 Å². The van der Waals surface area contributed by atoms with E-state index in [0.29, 0.717) is 19.4 Å². The highest BCUT2D eigenvalue weighted by atomic mass is 16.5. The average molecular weight is 262 g/mol. The van der Waals surface area contributed by atoms with Crippen LogP contribution in [0, 0.1) is 0 Å². The molecule has 0 heterocycles. The van der Waals surface area contributed by atoms with Gasteiger partial charge in [0.05, 0.1) is 6.61 Å². The summed E-state index contributed by atoms with van der Waals surface area (Å²) in [6.07, 6.45) is 4.12. The number of ketones is 1. The highest BCUT2D eigenvalue weighted by Crippen LogP contribution is 2.25. The van der Waals surface area contributed by atoms with Gasteiger partial charge < -0.3 is 9.84 Å². The van der Waals surface area contributed by atoms with Gasteiger partial charge in [-0.25, -0.2) is 0 Å². The Morgan fingerprint density at radius 2 is 2.05 bits per heavy atom. The second kappa shape index (κ2) is 6.36. The van der Waals surface area contributed by atoms with Crippen molar-refractivity contribution in [1.29, 1.82) is 0 Å². The van der Waals surface area contributed by atoms with Crippen molar-refractivity contribution in [2.45, 2.75) is 38.5 Å². The lowest BCUT2D eigenvalue weighted by molar-refractivity contribution is -0.137. The Balaban J connectivity index is 1.98. The molecular weight excluding hydrogens is 244 g/mol. The Kier molecular flexibility index (Phi) is 4.55. The first kappa shape index (κ1) is 13.6. The fourth-order valence-electron chi connectivity index (χ4n) is 2.29. The molecule has 2 rings (SSSR count). The first-order chi connectivity index (χ1) is 9.16. The molecule has 0 radical (unpaired) electrons. The number of carboxylic acids is 1. The normalized spacial score (nSPS) is 14.6. The molecule has 1 N–H and O–H groups in total. The van der Waals surface area contributed by atoms with Crippen LogP contribution in [0.15, 0.2) is 18.2 Å². The molecule has 1 aliphatic rings. The summed E-state index contributed by atoms with van der Waals surface area (Å²) in [6.45, 7) is 0.388. The molecule has 1 aromatic carbocycles. The van der Waals surface area contributed by atoms with Crippen molar-refractivity contribution in [1.82, 2.24) is 0 Å². The Morgan fingerprint density at radius 3 is 2.84 bits per heavy atom. The monoisotopic (exact) mass is 262 g/mol. The summed E-state index contributed by atoms with van der Waals surface area (Å²) in [4.78, 5) is 22.2. The summed E-state index contributed by atoms with van der Waals surface area (Å²) >= 11 is 0. The summed E-state index contributed by atoms with van der Waals surface area (Å²) in [7, 11) is 0. The van der Waals surface area contributed by atoms with E-state index >= 15 is 0 Å². The lowest BCUT2D eigenvalue weighted by Gasteiger charge is -2.09. The Bertz CT molecular complexity index is 479. The molecule has 0 aliphatic heterocycles. The van der Waals surface area contributed by atoms with Gasteiger partial charge >= 0.3 is 5.97 Å². The molecule has 0 saturated carbocycles. The molecule has 1 aromatic rings. The van der Waals surface area contributed by atoms with E-state index in [2.05, 4.69) is 0 Å². The largest absolute Gasteiger partial charge is 0.494 e. The summed E-state index contributed by atoms with van der Waals surface area (Å²) in [5, 5.41) is 8.54. The van der Waals surface area contributed by atoms with Crippen molar-refractivity contribution in [3.05, 3.63) is 29.3 Å². The summed E-state index contributed by atoms with van der Waals surface area (Å²) in [6, 6.07) is 5.54. The topological polar surface area (TPSA) is 63.6 Å². The minimum absolute atomic E-state index is 0.115. The third-order valence-electron chi connectivity index (χ3n) is 3.28. The Morgan fingerprint density at radius 1 is 1.26 bits per heavy atom. The molecule has 102 valence electrons. The van der Waals surface area contributed by atoms with E-state index in [-0.39, 0.29) is 12.2 Å². The number of hydrogen-bond acceptors (Lipinski definition) is 3. The van der Waals surface area contributed by atoms with Crippen LogP contribution in [0.5, 0.6) is 5.75 Å². The van der Waals surface area contributed by atoms with Crippen LogP contribution in [0.2, 0.25) is 0 Å². The van der Waals surface area contributed by atoms with Crippen LogP contribution in [0.4, 0.5) is 0 Å². The maximum absolute atomic E-state index is 11.8. The van der Waals surface area contributed by atoms with Crippen LogP contribution < -0.4 is 4.74 Å². The van der Waals surface area contributed by atoms with E-state index in [1.165, 1.54) is 0 Å². The third-order valence-corrected chi connectivity index (χ3v) is 3.28. The average Bonchev–Trinajstić information content (AvgIpc) is 2.56. The van der Waals surface area contributed by atoms with E-state index in [1.54, 1.807) is 6.07 Å². The number of carbonyl (C=O) groups is 2. The van der Waals surface area contributed by atoms with Crippen molar-refractivity contribution in [2.75, 3.05) is 6.61 Å². The number of carboxylic acid groups (broad SMARTS) is 1. The Labute approximate surface area is 112 Å². The molecule has 19 heavy (non-hydrogen) atoms. The van der Waals surface area contributed by atoms with Gasteiger partial charge in [0.25, 0.3) is 0 Å². The van der Waals surface area contributed by atoms with Gasteiger partial charge in [0.1, 0.15) is 5.75 Å². The summed E-state index contributed by atoms with van der Waals surface area (Å²) in [5.41, 5.74) is 1.87. The number of aliphatic carboxylic acids is 1. The minimum atomic E-state index is -0.809. The molecule has 0 aromatic heterocycles. The SMILES string of the molecule is O=C(O)CCCOc1ccc2c(c1)CCCCC2=O. The Hall–Kier alpha value is -1.84. The molecule has 0 atom stereocenters. The number of fused-ring (bicyclic) bond motifs is 1. The van der Waals surface area contributed by atoms with Gasteiger partial charge in [-0.2, -0.15) is 0 Å². The standard InChI is InChI=1S/C15H18O4/c16-14-5-2-1-4-11-10-12(7-8-13(11)14)19-9-3-6-15(17)18/h7-8,10H,1-6,9H2,(H,17,18). The van der Waals surface area contributed by atoms with Crippen LogP contribution in [-0.2, 0) is 11.2 Å². The number of benzene rings is 1. The van der Waals surface area contributed by atoms with Gasteiger partial charge in [0, 0.05) is 18.4 Å². The molecule has 0 unspecified atom stereocenters. The quantitative estimate of drug-likeness (QED) is 0.654. The second-order valence-electron chi connectivity index (χ2n) is 4.79. The van der Waals surface area contributed by atoms with Crippen LogP contribution in [0.1, 0.15) is 48.0 Å². The molecule has 1 aliphatic carbocycles. The van der Waals surface area contributed by atoms with E-state index in [9.17, 15) is 9.59 Å². The van der Waals surface area contributed by atoms with Crippen molar-refractivity contribution in [2.24, 2.45) is 0 Å². The summed E-state index contributed by atoms with van der Waals surface area (Å²) < 4.78 is 5.52. The highest BCUT2D eigenvalue weighted by Gasteiger charge is 2.15. The number of ether oxygens (including phenoxy) is 1. The zero-order chi connectivity index (χ0) is 13.7. The van der Waals surface area contributed by atoms with Gasteiger partial charge in [-0.05, 0) is 49.4 Å². The van der Waals surface area contributed by atoms with Crippen LogP contribution in [0.25, 0.3) is 0 Å². The highest BCUT2D eigenvalue weighted by molar-refractivity contribution is 5.97. The number of hydrogen-bond donors (Lipinski definition) is 1. The van der Waals surface area contributed by atoms with Crippen molar-refractivity contribution in [3.63, 3.8) is 0 Å². The second-order valence-corrected chi connectivity index (χ2v) is 4.79. The smallest absolute Gasteiger partial charge is 0.303 e. The fourth-order valence-corrected chi connectivity index (χ4v) is 2.29. The first-order valence-corrected chi connectivity index (χ1v) is 6.67. The molecule has 0 spiro atoms. The lowest BCUT2D eigenvalue weighted by Crippen LogP contribution is -2.04. The molecular formula is C15H18O4. The first-order valence-electron chi connectivity index (χ1n) is 6.67. The van der Waals surface area contributed by atoms with E-state index < -0.39 is 5.97 Å². The van der Waals surface area contributed by atoms with Gasteiger partial charge in [-0.3, -0.25) is 9.59 Å². The number of aryl methyl sites for hydroxylation is 1. The maximum atomic E-state index is 11.8. The van der Waals surface area contributed by atoms with Crippen molar-refractivity contribution >= 4 is 11.8 Å². The molecule has 0 amide bonds. The third kappa shape index (κ3) is 3.81. The fraction of sp³-hybridized carbons (Fsp3) is 0.467. The van der Waals surface area contributed by atoms with Gasteiger partial charge in [-0.1, -0.05) is 0 Å². The number of rotatable bonds is 5. The number of Topliss-reactive ketones (excluding diaryl/α,β-unsaturated/α-hetero) is 1. The van der Waals surface area contributed by atoms with Gasteiger partial charge in [-0.15, -0.1) is 0 Å².